The summed E-state index contributed by atoms with van der Waals surface area (Å²) in [6.45, 7) is 8.06. The molecule has 0 spiro atoms. The predicted octanol–water partition coefficient (Wildman–Crippen LogP) is 1.06. The van der Waals surface area contributed by atoms with Crippen LogP contribution >= 0.6 is 0 Å². The van der Waals surface area contributed by atoms with E-state index < -0.39 is 0 Å². The lowest BCUT2D eigenvalue weighted by Gasteiger charge is -2.13. The molecular weight excluding hydrogens is 212 g/mol. The van der Waals surface area contributed by atoms with Gasteiger partial charge in [0.05, 0.1) is 6.61 Å². The van der Waals surface area contributed by atoms with Gasteiger partial charge in [0.1, 0.15) is 0 Å². The summed E-state index contributed by atoms with van der Waals surface area (Å²) in [5.41, 5.74) is 11.1. The molecule has 0 saturated carbocycles. The second-order valence-electron chi connectivity index (χ2n) is 4.77. The molecule has 3 nitrogen and oxygen atoms in total. The number of benzene rings is 1. The minimum Gasteiger partial charge on any atom is -0.395 e. The van der Waals surface area contributed by atoms with Gasteiger partial charge in [0, 0.05) is 12.6 Å². The Labute approximate surface area is 104 Å². The Kier molecular flexibility index (Phi) is 5.62. The highest BCUT2D eigenvalue weighted by molar-refractivity contribution is 5.37. The number of rotatable bonds is 6. The van der Waals surface area contributed by atoms with E-state index in [9.17, 15) is 0 Å². The van der Waals surface area contributed by atoms with Gasteiger partial charge < -0.3 is 16.2 Å². The number of nitrogens with one attached hydrogen (secondary N) is 1. The largest absolute Gasteiger partial charge is 0.395 e. The van der Waals surface area contributed by atoms with E-state index in [1.54, 1.807) is 0 Å². The Morgan fingerprint density at radius 3 is 2.35 bits per heavy atom. The fourth-order valence-electron chi connectivity index (χ4n) is 2.17. The van der Waals surface area contributed by atoms with E-state index in [1.165, 1.54) is 22.3 Å². The molecule has 96 valence electrons. The maximum atomic E-state index is 8.80. The summed E-state index contributed by atoms with van der Waals surface area (Å²) in [7, 11) is 0. The van der Waals surface area contributed by atoms with E-state index in [-0.39, 0.29) is 12.6 Å². The van der Waals surface area contributed by atoms with Crippen LogP contribution in [0.5, 0.6) is 0 Å². The summed E-state index contributed by atoms with van der Waals surface area (Å²) in [4.78, 5) is 0. The second kappa shape index (κ2) is 6.74. The first-order valence-electron chi connectivity index (χ1n) is 6.18. The van der Waals surface area contributed by atoms with Crippen LogP contribution in [0.3, 0.4) is 0 Å². The molecule has 1 aromatic carbocycles. The summed E-state index contributed by atoms with van der Waals surface area (Å²) in [5, 5.41) is 12.1. The average molecular weight is 236 g/mol. The minimum atomic E-state index is -0.157. The number of aryl methyl sites for hydroxylation is 3. The van der Waals surface area contributed by atoms with E-state index in [1.807, 2.05) is 0 Å². The molecule has 0 radical (unpaired) electrons. The molecule has 0 saturated heterocycles. The van der Waals surface area contributed by atoms with Gasteiger partial charge in [-0.15, -0.1) is 0 Å². The molecule has 1 atom stereocenters. The van der Waals surface area contributed by atoms with Gasteiger partial charge in [-0.05, 0) is 50.4 Å². The zero-order valence-corrected chi connectivity index (χ0v) is 11.1. The smallest absolute Gasteiger partial charge is 0.0594 e. The van der Waals surface area contributed by atoms with Crippen molar-refractivity contribution < 1.29 is 5.11 Å². The van der Waals surface area contributed by atoms with Gasteiger partial charge in [-0.25, -0.2) is 0 Å². The topological polar surface area (TPSA) is 58.3 Å². The first-order valence-corrected chi connectivity index (χ1v) is 6.18. The molecule has 0 aliphatic rings. The van der Waals surface area contributed by atoms with E-state index >= 15 is 0 Å². The van der Waals surface area contributed by atoms with Crippen LogP contribution in [0.1, 0.15) is 22.3 Å². The minimum absolute atomic E-state index is 0.0373. The normalized spacial score (nSPS) is 12.8. The van der Waals surface area contributed by atoms with Crippen molar-refractivity contribution in [2.75, 3.05) is 19.7 Å². The number of hydrogen-bond donors (Lipinski definition) is 3. The molecule has 0 aliphatic carbocycles. The van der Waals surface area contributed by atoms with E-state index in [4.69, 9.17) is 10.8 Å². The van der Waals surface area contributed by atoms with Crippen LogP contribution in [-0.2, 0) is 6.42 Å². The van der Waals surface area contributed by atoms with E-state index in [0.29, 0.717) is 6.54 Å². The number of nitrogens with two attached hydrogens (primary N) is 1. The summed E-state index contributed by atoms with van der Waals surface area (Å²) in [6, 6.07) is 4.29. The number of aliphatic hydroxyl groups excluding tert-OH is 1. The number of hydrogen-bond acceptors (Lipinski definition) is 3. The standard InChI is InChI=1S/C14H24N2O/c1-10-6-11(2)14(12(3)7-10)4-5-16-8-13(15)9-17/h6-7,13,16-17H,4-5,8-9,15H2,1-3H3. The predicted molar refractivity (Wildman–Crippen MR) is 72.3 cm³/mol. The van der Waals surface area contributed by atoms with Crippen molar-refractivity contribution in [1.82, 2.24) is 5.32 Å². The first kappa shape index (κ1) is 14.2. The Hall–Kier alpha value is -0.900. The second-order valence-corrected chi connectivity index (χ2v) is 4.77. The van der Waals surface area contributed by atoms with E-state index in [2.05, 4.69) is 38.2 Å². The lowest BCUT2D eigenvalue weighted by Crippen LogP contribution is -2.37. The molecule has 0 heterocycles. The number of aliphatic hydroxyl groups is 1. The summed E-state index contributed by atoms with van der Waals surface area (Å²) < 4.78 is 0. The maximum absolute atomic E-state index is 8.80. The lowest BCUT2D eigenvalue weighted by atomic mass is 9.97. The summed E-state index contributed by atoms with van der Waals surface area (Å²) in [6.07, 6.45) is 1.01. The molecule has 1 unspecified atom stereocenters. The molecule has 0 fully saturated rings. The van der Waals surface area contributed by atoms with Gasteiger partial charge in [-0.3, -0.25) is 0 Å². The van der Waals surface area contributed by atoms with Gasteiger partial charge >= 0.3 is 0 Å². The fraction of sp³-hybridized carbons (Fsp3) is 0.571. The van der Waals surface area contributed by atoms with Crippen LogP contribution in [0.2, 0.25) is 0 Å². The van der Waals surface area contributed by atoms with Gasteiger partial charge in [0.25, 0.3) is 0 Å². The van der Waals surface area contributed by atoms with Crippen LogP contribution in [0.15, 0.2) is 12.1 Å². The van der Waals surface area contributed by atoms with Crippen molar-refractivity contribution in [2.45, 2.75) is 33.2 Å². The molecule has 0 bridgehead atoms. The molecular formula is C14H24N2O. The third-order valence-corrected chi connectivity index (χ3v) is 3.03. The van der Waals surface area contributed by atoms with Crippen LogP contribution in [0, 0.1) is 20.8 Å². The summed E-state index contributed by atoms with van der Waals surface area (Å²) >= 11 is 0. The molecule has 4 N–H and O–H groups in total. The molecule has 0 amide bonds. The maximum Gasteiger partial charge on any atom is 0.0594 e. The van der Waals surface area contributed by atoms with Crippen molar-refractivity contribution >= 4 is 0 Å². The van der Waals surface area contributed by atoms with Crippen molar-refractivity contribution in [1.29, 1.82) is 0 Å². The molecule has 3 heteroatoms. The quantitative estimate of drug-likeness (QED) is 0.647. The highest BCUT2D eigenvalue weighted by Crippen LogP contribution is 2.16. The Morgan fingerprint density at radius 2 is 1.82 bits per heavy atom. The van der Waals surface area contributed by atoms with Crippen molar-refractivity contribution in [3.63, 3.8) is 0 Å². The van der Waals surface area contributed by atoms with Gasteiger partial charge in [0.15, 0.2) is 0 Å². The van der Waals surface area contributed by atoms with Crippen LogP contribution in [0.4, 0.5) is 0 Å². The third-order valence-electron chi connectivity index (χ3n) is 3.03. The summed E-state index contributed by atoms with van der Waals surface area (Å²) in [5.74, 6) is 0. The van der Waals surface area contributed by atoms with Crippen LogP contribution in [0.25, 0.3) is 0 Å². The van der Waals surface area contributed by atoms with Crippen molar-refractivity contribution in [3.8, 4) is 0 Å². The Bertz CT molecular complexity index is 340. The fourth-order valence-corrected chi connectivity index (χ4v) is 2.17. The zero-order chi connectivity index (χ0) is 12.8. The monoisotopic (exact) mass is 236 g/mol. The van der Waals surface area contributed by atoms with Crippen LogP contribution in [-0.4, -0.2) is 30.8 Å². The molecule has 17 heavy (non-hydrogen) atoms. The zero-order valence-electron chi connectivity index (χ0n) is 11.1. The SMILES string of the molecule is Cc1cc(C)c(CCNCC(N)CO)c(C)c1. The Morgan fingerprint density at radius 1 is 1.24 bits per heavy atom. The van der Waals surface area contributed by atoms with E-state index in [0.717, 1.165) is 13.0 Å². The van der Waals surface area contributed by atoms with Gasteiger partial charge in [-0.2, -0.15) is 0 Å². The Balaban J connectivity index is 2.47. The molecule has 0 aliphatic heterocycles. The van der Waals surface area contributed by atoms with Crippen LogP contribution < -0.4 is 11.1 Å². The van der Waals surface area contributed by atoms with Gasteiger partial charge in [-0.1, -0.05) is 17.7 Å². The highest BCUT2D eigenvalue weighted by atomic mass is 16.3. The van der Waals surface area contributed by atoms with Crippen molar-refractivity contribution in [3.05, 3.63) is 34.4 Å². The van der Waals surface area contributed by atoms with Gasteiger partial charge in [0.2, 0.25) is 0 Å². The van der Waals surface area contributed by atoms with Crippen molar-refractivity contribution in [2.24, 2.45) is 5.73 Å². The molecule has 1 aromatic rings. The average Bonchev–Trinajstić information content (AvgIpc) is 2.26. The molecule has 1 rings (SSSR count). The first-order chi connectivity index (χ1) is 8.04. The highest BCUT2D eigenvalue weighted by Gasteiger charge is 2.04. The third kappa shape index (κ3) is 4.46. The molecule has 0 aromatic heterocycles. The lowest BCUT2D eigenvalue weighted by molar-refractivity contribution is 0.262.